The molecule has 1 heteroatoms. The van der Waals surface area contributed by atoms with Gasteiger partial charge in [0.2, 0.25) is 0 Å². The number of aryl methyl sites for hydroxylation is 3. The van der Waals surface area contributed by atoms with Crippen LogP contribution < -0.4 is 0 Å². The maximum Gasteiger partial charge on any atom is 0.0708 e. The molecular formula is C13H13N. The average molecular weight is 183 g/mol. The Labute approximate surface area is 83.8 Å². The highest BCUT2D eigenvalue weighted by Gasteiger charge is 2.13. The van der Waals surface area contributed by atoms with Gasteiger partial charge in [0.15, 0.2) is 0 Å². The van der Waals surface area contributed by atoms with E-state index in [0.29, 0.717) is 0 Å². The molecule has 1 aliphatic carbocycles. The summed E-state index contributed by atoms with van der Waals surface area (Å²) in [7, 11) is 0. The SMILES string of the molecule is Cc1ccc2c3c(ccc2n1)CCC3. The van der Waals surface area contributed by atoms with E-state index in [-0.39, 0.29) is 0 Å². The monoisotopic (exact) mass is 183 g/mol. The molecule has 0 N–H and O–H groups in total. The predicted molar refractivity (Wildman–Crippen MR) is 58.5 cm³/mol. The van der Waals surface area contributed by atoms with E-state index in [1.54, 1.807) is 0 Å². The van der Waals surface area contributed by atoms with Gasteiger partial charge in [0.05, 0.1) is 5.52 Å². The van der Waals surface area contributed by atoms with Crippen molar-refractivity contribution in [2.45, 2.75) is 26.2 Å². The molecule has 14 heavy (non-hydrogen) atoms. The molecule has 0 saturated carbocycles. The summed E-state index contributed by atoms with van der Waals surface area (Å²) in [4.78, 5) is 4.55. The lowest BCUT2D eigenvalue weighted by Crippen LogP contribution is -1.88. The maximum atomic E-state index is 4.55. The van der Waals surface area contributed by atoms with Gasteiger partial charge in [-0.2, -0.15) is 0 Å². The first-order valence-electron chi connectivity index (χ1n) is 5.23. The van der Waals surface area contributed by atoms with Crippen LogP contribution in [0, 0.1) is 6.92 Å². The van der Waals surface area contributed by atoms with E-state index < -0.39 is 0 Å². The predicted octanol–water partition coefficient (Wildman–Crippen LogP) is 3.03. The Morgan fingerprint density at radius 1 is 1.07 bits per heavy atom. The number of benzene rings is 1. The van der Waals surface area contributed by atoms with Crippen LogP contribution in [0.25, 0.3) is 10.9 Å². The normalized spacial score (nSPS) is 14.6. The zero-order valence-electron chi connectivity index (χ0n) is 8.38. The van der Waals surface area contributed by atoms with Crippen molar-refractivity contribution in [2.24, 2.45) is 0 Å². The third-order valence-corrected chi connectivity index (χ3v) is 3.09. The minimum absolute atomic E-state index is 1.11. The molecule has 0 radical (unpaired) electrons. The molecule has 1 nitrogen and oxygen atoms in total. The Morgan fingerprint density at radius 2 is 2.00 bits per heavy atom. The first kappa shape index (κ1) is 7.98. The second kappa shape index (κ2) is 2.81. The molecule has 0 bridgehead atoms. The molecular weight excluding hydrogens is 170 g/mol. The molecule has 1 aromatic carbocycles. The quantitative estimate of drug-likeness (QED) is 0.611. The molecule has 2 aromatic rings. The number of nitrogens with zero attached hydrogens (tertiary/aromatic N) is 1. The molecule has 0 spiro atoms. The number of rotatable bonds is 0. The Balaban J connectivity index is 2.39. The standard InChI is InChI=1S/C13H13N/c1-9-5-7-12-11-4-2-3-10(11)6-8-13(12)14-9/h5-8H,2-4H2,1H3. The van der Waals surface area contributed by atoms with Crippen molar-refractivity contribution in [3.8, 4) is 0 Å². The largest absolute Gasteiger partial charge is 0.253 e. The summed E-state index contributed by atoms with van der Waals surface area (Å²) in [5.74, 6) is 0. The molecule has 3 rings (SSSR count). The number of aromatic nitrogens is 1. The summed E-state index contributed by atoms with van der Waals surface area (Å²) in [6.45, 7) is 2.05. The van der Waals surface area contributed by atoms with Crippen LogP contribution in [0.15, 0.2) is 24.3 Å². The van der Waals surface area contributed by atoms with Gasteiger partial charge in [-0.1, -0.05) is 12.1 Å². The highest BCUT2D eigenvalue weighted by molar-refractivity contribution is 5.84. The molecule has 1 aliphatic rings. The van der Waals surface area contributed by atoms with E-state index in [2.05, 4.69) is 29.2 Å². The van der Waals surface area contributed by atoms with Gasteiger partial charge in [0.1, 0.15) is 0 Å². The van der Waals surface area contributed by atoms with Crippen LogP contribution in [0.5, 0.6) is 0 Å². The van der Waals surface area contributed by atoms with Gasteiger partial charge in [0.25, 0.3) is 0 Å². The molecule has 0 saturated heterocycles. The minimum Gasteiger partial charge on any atom is -0.253 e. The summed E-state index contributed by atoms with van der Waals surface area (Å²) in [5, 5.41) is 1.37. The van der Waals surface area contributed by atoms with E-state index in [0.717, 1.165) is 11.2 Å². The molecule has 70 valence electrons. The Morgan fingerprint density at radius 3 is 2.93 bits per heavy atom. The number of hydrogen-bond donors (Lipinski definition) is 0. The van der Waals surface area contributed by atoms with Crippen molar-refractivity contribution < 1.29 is 0 Å². The average Bonchev–Trinajstić information content (AvgIpc) is 2.65. The lowest BCUT2D eigenvalue weighted by Gasteiger charge is -2.04. The summed E-state index contributed by atoms with van der Waals surface area (Å²) in [6, 6.07) is 8.74. The molecule has 0 fully saturated rings. The number of hydrogen-bond acceptors (Lipinski definition) is 1. The van der Waals surface area contributed by atoms with Crippen LogP contribution in [-0.4, -0.2) is 4.98 Å². The van der Waals surface area contributed by atoms with Crippen molar-refractivity contribution in [1.29, 1.82) is 0 Å². The fourth-order valence-electron chi connectivity index (χ4n) is 2.40. The van der Waals surface area contributed by atoms with E-state index in [9.17, 15) is 0 Å². The number of pyridine rings is 1. The third-order valence-electron chi connectivity index (χ3n) is 3.09. The van der Waals surface area contributed by atoms with E-state index >= 15 is 0 Å². The van der Waals surface area contributed by atoms with Gasteiger partial charge in [-0.3, -0.25) is 4.98 Å². The maximum absolute atomic E-state index is 4.55. The zero-order chi connectivity index (χ0) is 9.54. The first-order chi connectivity index (χ1) is 6.84. The topological polar surface area (TPSA) is 12.9 Å². The summed E-state index contributed by atoms with van der Waals surface area (Å²) in [5.41, 5.74) is 5.33. The van der Waals surface area contributed by atoms with Crippen LogP contribution in [0.4, 0.5) is 0 Å². The molecule has 1 aromatic heterocycles. The van der Waals surface area contributed by atoms with Crippen LogP contribution in [0.1, 0.15) is 23.2 Å². The van der Waals surface area contributed by atoms with Gasteiger partial charge in [-0.15, -0.1) is 0 Å². The smallest absolute Gasteiger partial charge is 0.0708 e. The lowest BCUT2D eigenvalue weighted by atomic mass is 10.0. The highest BCUT2D eigenvalue weighted by atomic mass is 14.7. The number of fused-ring (bicyclic) bond motifs is 3. The van der Waals surface area contributed by atoms with E-state index in [4.69, 9.17) is 0 Å². The second-order valence-corrected chi connectivity index (χ2v) is 4.08. The van der Waals surface area contributed by atoms with Gasteiger partial charge < -0.3 is 0 Å². The Hall–Kier alpha value is -1.37. The summed E-state index contributed by atoms with van der Waals surface area (Å²) < 4.78 is 0. The minimum atomic E-state index is 1.11. The highest BCUT2D eigenvalue weighted by Crippen LogP contribution is 2.28. The second-order valence-electron chi connectivity index (χ2n) is 4.08. The fourth-order valence-corrected chi connectivity index (χ4v) is 2.40. The fraction of sp³-hybridized carbons (Fsp3) is 0.308. The third kappa shape index (κ3) is 1.05. The van der Waals surface area contributed by atoms with Crippen molar-refractivity contribution in [3.05, 3.63) is 41.1 Å². The molecule has 0 aliphatic heterocycles. The van der Waals surface area contributed by atoms with Crippen molar-refractivity contribution in [1.82, 2.24) is 4.98 Å². The van der Waals surface area contributed by atoms with Crippen molar-refractivity contribution >= 4 is 10.9 Å². The van der Waals surface area contributed by atoms with Crippen LogP contribution in [-0.2, 0) is 12.8 Å². The zero-order valence-corrected chi connectivity index (χ0v) is 8.38. The summed E-state index contributed by atoms with van der Waals surface area (Å²) >= 11 is 0. The van der Waals surface area contributed by atoms with E-state index in [1.807, 2.05) is 6.92 Å². The first-order valence-corrected chi connectivity index (χ1v) is 5.23. The molecule has 0 amide bonds. The van der Waals surface area contributed by atoms with Crippen LogP contribution in [0.2, 0.25) is 0 Å². The Kier molecular flexibility index (Phi) is 1.60. The molecule has 0 unspecified atom stereocenters. The lowest BCUT2D eigenvalue weighted by molar-refractivity contribution is 0.913. The van der Waals surface area contributed by atoms with Crippen molar-refractivity contribution in [2.75, 3.05) is 0 Å². The van der Waals surface area contributed by atoms with Gasteiger partial charge in [-0.25, -0.2) is 0 Å². The Bertz CT molecular complexity index is 500. The van der Waals surface area contributed by atoms with Gasteiger partial charge in [0, 0.05) is 11.1 Å². The van der Waals surface area contributed by atoms with Crippen molar-refractivity contribution in [3.63, 3.8) is 0 Å². The van der Waals surface area contributed by atoms with Gasteiger partial charge in [-0.05, 0) is 49.4 Å². The summed E-state index contributed by atoms with van der Waals surface area (Å²) in [6.07, 6.45) is 3.79. The molecule has 1 heterocycles. The van der Waals surface area contributed by atoms with Crippen LogP contribution in [0.3, 0.4) is 0 Å². The molecule has 0 atom stereocenters. The van der Waals surface area contributed by atoms with Crippen LogP contribution >= 0.6 is 0 Å². The van der Waals surface area contributed by atoms with Gasteiger partial charge >= 0.3 is 0 Å². The van der Waals surface area contributed by atoms with E-state index in [1.165, 1.54) is 35.8 Å².